The molecule has 0 saturated heterocycles. The first-order chi connectivity index (χ1) is 9.73. The van der Waals surface area contributed by atoms with Gasteiger partial charge in [-0.3, -0.25) is 0 Å². The van der Waals surface area contributed by atoms with Crippen LogP contribution in [0.5, 0.6) is 0 Å². The molecule has 110 valence electrons. The van der Waals surface area contributed by atoms with Crippen molar-refractivity contribution in [3.63, 3.8) is 0 Å². The highest BCUT2D eigenvalue weighted by Gasteiger charge is 2.52. The van der Waals surface area contributed by atoms with Gasteiger partial charge in [0, 0.05) is 31.5 Å². The number of hydrogen-bond acceptors (Lipinski definition) is 2. The van der Waals surface area contributed by atoms with Gasteiger partial charge in [0.25, 0.3) is 0 Å². The Morgan fingerprint density at radius 1 is 1.20 bits per heavy atom. The predicted molar refractivity (Wildman–Crippen MR) is 80.3 cm³/mol. The maximum atomic E-state index is 4.11. The van der Waals surface area contributed by atoms with Crippen molar-refractivity contribution in [2.75, 3.05) is 6.54 Å². The van der Waals surface area contributed by atoms with Gasteiger partial charge in [0.2, 0.25) is 0 Å². The zero-order valence-corrected chi connectivity index (χ0v) is 12.6. The molecule has 4 fully saturated rings. The predicted octanol–water partition coefficient (Wildman–Crippen LogP) is 3.08. The van der Waals surface area contributed by atoms with Gasteiger partial charge in [0.15, 0.2) is 0 Å². The summed E-state index contributed by atoms with van der Waals surface area (Å²) >= 11 is 0. The molecule has 5 rings (SSSR count). The molecular formula is C17H27N3. The summed E-state index contributed by atoms with van der Waals surface area (Å²) in [5.41, 5.74) is 0.629. The largest absolute Gasteiger partial charge is 0.336 e. The van der Waals surface area contributed by atoms with Crippen LogP contribution in [0.2, 0.25) is 0 Å². The van der Waals surface area contributed by atoms with E-state index in [0.717, 1.165) is 30.8 Å². The van der Waals surface area contributed by atoms with Gasteiger partial charge < -0.3 is 9.88 Å². The van der Waals surface area contributed by atoms with E-state index < -0.39 is 0 Å². The molecular weight excluding hydrogens is 246 g/mol. The van der Waals surface area contributed by atoms with Crippen LogP contribution in [0.15, 0.2) is 18.7 Å². The van der Waals surface area contributed by atoms with E-state index in [0.29, 0.717) is 11.5 Å². The standard InChI is InChI=1S/C17H27N3/c1-13(19-3-5-20-4-2-18-12-20)17-9-14-6-15(10-17)8-16(7-14)11-17/h2,4,12-16,19H,3,5-11H2,1H3. The lowest BCUT2D eigenvalue weighted by atomic mass is 9.48. The molecule has 0 aromatic carbocycles. The molecule has 0 spiro atoms. The van der Waals surface area contributed by atoms with Crippen molar-refractivity contribution in [1.29, 1.82) is 0 Å². The topological polar surface area (TPSA) is 29.9 Å². The zero-order chi connectivity index (χ0) is 13.6. The van der Waals surface area contributed by atoms with Gasteiger partial charge in [-0.25, -0.2) is 4.98 Å². The number of nitrogens with one attached hydrogen (secondary N) is 1. The molecule has 4 saturated carbocycles. The number of imidazole rings is 1. The molecule has 0 radical (unpaired) electrons. The number of rotatable bonds is 5. The summed E-state index contributed by atoms with van der Waals surface area (Å²) in [7, 11) is 0. The maximum Gasteiger partial charge on any atom is 0.0946 e. The summed E-state index contributed by atoms with van der Waals surface area (Å²) in [6.07, 6.45) is 15.0. The van der Waals surface area contributed by atoms with E-state index in [2.05, 4.69) is 28.0 Å². The second kappa shape index (κ2) is 4.87. The molecule has 1 unspecified atom stereocenters. The molecule has 1 N–H and O–H groups in total. The van der Waals surface area contributed by atoms with Gasteiger partial charge in [-0.1, -0.05) is 0 Å². The Hall–Kier alpha value is -0.830. The summed E-state index contributed by atoms with van der Waals surface area (Å²) in [5, 5.41) is 3.83. The molecule has 1 aromatic rings. The molecule has 20 heavy (non-hydrogen) atoms. The maximum absolute atomic E-state index is 4.11. The smallest absolute Gasteiger partial charge is 0.0946 e. The van der Waals surface area contributed by atoms with Crippen LogP contribution in [0.3, 0.4) is 0 Å². The minimum absolute atomic E-state index is 0.629. The van der Waals surface area contributed by atoms with E-state index in [9.17, 15) is 0 Å². The first kappa shape index (κ1) is 12.9. The fraction of sp³-hybridized carbons (Fsp3) is 0.824. The zero-order valence-electron chi connectivity index (χ0n) is 12.6. The van der Waals surface area contributed by atoms with E-state index >= 15 is 0 Å². The van der Waals surface area contributed by atoms with Gasteiger partial charge in [-0.15, -0.1) is 0 Å². The van der Waals surface area contributed by atoms with E-state index in [1.807, 2.05) is 12.5 Å². The number of aromatic nitrogens is 2. The molecule has 0 amide bonds. The number of nitrogens with zero attached hydrogens (tertiary/aromatic N) is 2. The van der Waals surface area contributed by atoms with Gasteiger partial charge in [-0.05, 0) is 68.6 Å². The van der Waals surface area contributed by atoms with E-state index in [4.69, 9.17) is 0 Å². The van der Waals surface area contributed by atoms with Crippen LogP contribution in [0.4, 0.5) is 0 Å². The first-order valence-electron chi connectivity index (χ1n) is 8.43. The highest BCUT2D eigenvalue weighted by molar-refractivity contribution is 5.05. The average molecular weight is 273 g/mol. The van der Waals surface area contributed by atoms with Gasteiger partial charge in [0.1, 0.15) is 0 Å². The monoisotopic (exact) mass is 273 g/mol. The Morgan fingerprint density at radius 2 is 1.85 bits per heavy atom. The fourth-order valence-electron chi connectivity index (χ4n) is 5.75. The summed E-state index contributed by atoms with van der Waals surface area (Å²) in [4.78, 5) is 4.11. The molecule has 4 aliphatic rings. The molecule has 1 atom stereocenters. The Morgan fingerprint density at radius 3 is 2.40 bits per heavy atom. The third-order valence-electron chi connectivity index (χ3n) is 6.38. The normalized spacial score (nSPS) is 40.1. The van der Waals surface area contributed by atoms with Crippen molar-refractivity contribution in [3.05, 3.63) is 18.7 Å². The van der Waals surface area contributed by atoms with Crippen molar-refractivity contribution in [3.8, 4) is 0 Å². The summed E-state index contributed by atoms with van der Waals surface area (Å²) in [6, 6.07) is 0.680. The van der Waals surface area contributed by atoms with E-state index in [-0.39, 0.29) is 0 Å². The Balaban J connectivity index is 1.37. The molecule has 1 aromatic heterocycles. The van der Waals surface area contributed by atoms with Crippen molar-refractivity contribution in [1.82, 2.24) is 14.9 Å². The average Bonchev–Trinajstić information content (AvgIpc) is 2.90. The lowest BCUT2D eigenvalue weighted by Crippen LogP contribution is -2.55. The molecule has 4 aliphatic carbocycles. The lowest BCUT2D eigenvalue weighted by molar-refractivity contribution is -0.0703. The highest BCUT2D eigenvalue weighted by Crippen LogP contribution is 2.61. The summed E-state index contributed by atoms with van der Waals surface area (Å²) in [5.74, 6) is 3.16. The van der Waals surface area contributed by atoms with Crippen LogP contribution in [-0.4, -0.2) is 22.1 Å². The third kappa shape index (κ3) is 2.20. The van der Waals surface area contributed by atoms with Gasteiger partial charge >= 0.3 is 0 Å². The molecule has 4 bridgehead atoms. The molecule has 0 aliphatic heterocycles. The van der Waals surface area contributed by atoms with Crippen molar-refractivity contribution < 1.29 is 0 Å². The Labute approximate surface area is 122 Å². The lowest BCUT2D eigenvalue weighted by Gasteiger charge is -2.59. The third-order valence-corrected chi connectivity index (χ3v) is 6.38. The van der Waals surface area contributed by atoms with Gasteiger partial charge in [-0.2, -0.15) is 0 Å². The van der Waals surface area contributed by atoms with Crippen LogP contribution in [-0.2, 0) is 6.54 Å². The van der Waals surface area contributed by atoms with Crippen LogP contribution in [0, 0.1) is 23.2 Å². The molecule has 3 nitrogen and oxygen atoms in total. The SMILES string of the molecule is CC(NCCn1ccnc1)C12CC3CC(CC(C3)C1)C2. The van der Waals surface area contributed by atoms with Crippen molar-refractivity contribution in [2.45, 2.75) is 58.0 Å². The van der Waals surface area contributed by atoms with E-state index in [1.54, 1.807) is 19.3 Å². The van der Waals surface area contributed by atoms with Gasteiger partial charge in [0.05, 0.1) is 6.33 Å². The second-order valence-electron chi connectivity index (χ2n) is 7.76. The highest BCUT2D eigenvalue weighted by atomic mass is 15.1. The van der Waals surface area contributed by atoms with Crippen molar-refractivity contribution in [2.24, 2.45) is 23.2 Å². The summed E-state index contributed by atoms with van der Waals surface area (Å²) in [6.45, 7) is 4.55. The van der Waals surface area contributed by atoms with E-state index in [1.165, 1.54) is 19.3 Å². The van der Waals surface area contributed by atoms with Crippen LogP contribution in [0.25, 0.3) is 0 Å². The molecule has 1 heterocycles. The second-order valence-corrected chi connectivity index (χ2v) is 7.76. The quantitative estimate of drug-likeness (QED) is 0.893. The first-order valence-corrected chi connectivity index (χ1v) is 8.43. The van der Waals surface area contributed by atoms with Crippen LogP contribution >= 0.6 is 0 Å². The Kier molecular flexibility index (Phi) is 3.13. The van der Waals surface area contributed by atoms with Crippen LogP contribution < -0.4 is 5.32 Å². The Bertz CT molecular complexity index is 416. The minimum Gasteiger partial charge on any atom is -0.336 e. The molecule has 3 heteroatoms. The van der Waals surface area contributed by atoms with Crippen LogP contribution in [0.1, 0.15) is 45.4 Å². The minimum atomic E-state index is 0.629. The summed E-state index contributed by atoms with van der Waals surface area (Å²) < 4.78 is 2.17. The van der Waals surface area contributed by atoms with Crippen molar-refractivity contribution >= 4 is 0 Å². The fourth-order valence-corrected chi connectivity index (χ4v) is 5.75. The number of hydrogen-bond donors (Lipinski definition) is 1.